The maximum Gasteiger partial charge on any atom is 0.409 e. The Hall–Kier alpha value is -2.24. The molecule has 1 aromatic carbocycles. The molecule has 2 amide bonds. The van der Waals surface area contributed by atoms with E-state index in [1.165, 1.54) is 11.3 Å². The van der Waals surface area contributed by atoms with Gasteiger partial charge in [0, 0.05) is 30.9 Å². The Morgan fingerprint density at radius 1 is 1.24 bits per heavy atom. The van der Waals surface area contributed by atoms with Crippen molar-refractivity contribution in [3.05, 3.63) is 29.8 Å². The zero-order valence-corrected chi connectivity index (χ0v) is 15.0. The minimum atomic E-state index is -0.255. The first kappa shape index (κ1) is 17.6. The van der Waals surface area contributed by atoms with E-state index < -0.39 is 0 Å². The van der Waals surface area contributed by atoms with Crippen molar-refractivity contribution < 1.29 is 14.3 Å². The molecule has 1 atom stereocenters. The zero-order valence-electron chi connectivity index (χ0n) is 15.0. The number of nitrogens with one attached hydrogen (secondary N) is 1. The zero-order chi connectivity index (χ0) is 17.8. The van der Waals surface area contributed by atoms with Crippen LogP contribution in [0.4, 0.5) is 10.5 Å². The van der Waals surface area contributed by atoms with Crippen molar-refractivity contribution in [3.63, 3.8) is 0 Å². The van der Waals surface area contributed by atoms with E-state index >= 15 is 0 Å². The lowest BCUT2D eigenvalue weighted by molar-refractivity contribution is -0.120. The van der Waals surface area contributed by atoms with Crippen molar-refractivity contribution in [3.8, 4) is 0 Å². The summed E-state index contributed by atoms with van der Waals surface area (Å²) in [6.07, 6.45) is 2.28. The Kier molecular flexibility index (Phi) is 5.46. The largest absolute Gasteiger partial charge is 0.450 e. The van der Waals surface area contributed by atoms with Crippen molar-refractivity contribution >= 4 is 17.7 Å². The Morgan fingerprint density at radius 2 is 1.96 bits per heavy atom. The van der Waals surface area contributed by atoms with Gasteiger partial charge in [0.25, 0.3) is 0 Å². The maximum absolute atomic E-state index is 12.5. The van der Waals surface area contributed by atoms with Gasteiger partial charge in [0.05, 0.1) is 13.2 Å². The van der Waals surface area contributed by atoms with Crippen LogP contribution in [0.15, 0.2) is 24.3 Å². The van der Waals surface area contributed by atoms with E-state index in [1.807, 2.05) is 19.1 Å². The Morgan fingerprint density at radius 3 is 2.68 bits per heavy atom. The molecule has 6 heteroatoms. The van der Waals surface area contributed by atoms with Crippen molar-refractivity contribution in [1.29, 1.82) is 0 Å². The van der Waals surface area contributed by atoms with Crippen LogP contribution in [0.2, 0.25) is 0 Å². The summed E-state index contributed by atoms with van der Waals surface area (Å²) in [5, 5.41) is 3.13. The van der Waals surface area contributed by atoms with Crippen LogP contribution in [-0.2, 0) is 16.0 Å². The van der Waals surface area contributed by atoms with Gasteiger partial charge in [-0.1, -0.05) is 18.2 Å². The molecule has 0 unspecified atom stereocenters. The van der Waals surface area contributed by atoms with Crippen LogP contribution in [0.5, 0.6) is 0 Å². The molecular weight excluding hydrogens is 318 g/mol. The fourth-order valence-electron chi connectivity index (χ4n) is 3.72. The van der Waals surface area contributed by atoms with Crippen LogP contribution in [0.25, 0.3) is 0 Å². The fourth-order valence-corrected chi connectivity index (χ4v) is 3.72. The maximum atomic E-state index is 12.5. The molecule has 0 saturated carbocycles. The monoisotopic (exact) mass is 345 g/mol. The first-order valence-corrected chi connectivity index (χ1v) is 9.14. The molecule has 136 valence electrons. The molecule has 1 fully saturated rings. The third-order valence-electron chi connectivity index (χ3n) is 5.05. The van der Waals surface area contributed by atoms with Crippen LogP contribution in [0.1, 0.15) is 32.3 Å². The van der Waals surface area contributed by atoms with Gasteiger partial charge >= 0.3 is 6.09 Å². The normalized spacial score (nSPS) is 20.3. The first-order valence-electron chi connectivity index (χ1n) is 9.14. The topological polar surface area (TPSA) is 61.9 Å². The summed E-state index contributed by atoms with van der Waals surface area (Å²) in [4.78, 5) is 28.1. The Bertz CT molecular complexity index is 626. The molecule has 2 aliphatic rings. The van der Waals surface area contributed by atoms with Crippen LogP contribution in [0.3, 0.4) is 0 Å². The predicted molar refractivity (Wildman–Crippen MR) is 96.7 cm³/mol. The lowest BCUT2D eigenvalue weighted by Gasteiger charge is -2.32. The molecule has 0 aromatic heterocycles. The minimum Gasteiger partial charge on any atom is -0.450 e. The lowest BCUT2D eigenvalue weighted by Crippen LogP contribution is -2.49. The second-order valence-corrected chi connectivity index (χ2v) is 6.84. The number of amides is 2. The van der Waals surface area contributed by atoms with Gasteiger partial charge < -0.3 is 19.9 Å². The van der Waals surface area contributed by atoms with Crippen molar-refractivity contribution in [2.75, 3.05) is 31.1 Å². The van der Waals surface area contributed by atoms with E-state index in [9.17, 15) is 9.59 Å². The third kappa shape index (κ3) is 4.06. The second kappa shape index (κ2) is 7.76. The molecule has 6 nitrogen and oxygen atoms in total. The highest BCUT2D eigenvalue weighted by Crippen LogP contribution is 2.31. The van der Waals surface area contributed by atoms with Crippen molar-refractivity contribution in [1.82, 2.24) is 10.2 Å². The van der Waals surface area contributed by atoms with Gasteiger partial charge in [0.1, 0.15) is 0 Å². The summed E-state index contributed by atoms with van der Waals surface area (Å²) in [5.74, 6) is 0.0538. The smallest absolute Gasteiger partial charge is 0.409 e. The summed E-state index contributed by atoms with van der Waals surface area (Å²) in [7, 11) is 0. The highest BCUT2D eigenvalue weighted by molar-refractivity contribution is 5.83. The molecule has 25 heavy (non-hydrogen) atoms. The average molecular weight is 345 g/mol. The molecule has 0 spiro atoms. The predicted octanol–water partition coefficient (Wildman–Crippen LogP) is 2.17. The molecule has 1 saturated heterocycles. The first-order chi connectivity index (χ1) is 12.1. The third-order valence-corrected chi connectivity index (χ3v) is 5.05. The molecule has 1 N–H and O–H groups in total. The number of nitrogens with zero attached hydrogens (tertiary/aromatic N) is 2. The van der Waals surface area contributed by atoms with E-state index in [2.05, 4.69) is 29.3 Å². The Labute approximate surface area is 149 Å². The number of piperidine rings is 1. The van der Waals surface area contributed by atoms with Crippen LogP contribution in [-0.4, -0.2) is 55.2 Å². The number of para-hydroxylation sites is 1. The molecule has 0 bridgehead atoms. The quantitative estimate of drug-likeness (QED) is 0.908. The summed E-state index contributed by atoms with van der Waals surface area (Å²) in [6.45, 7) is 6.01. The van der Waals surface area contributed by atoms with E-state index in [-0.39, 0.29) is 18.0 Å². The lowest BCUT2D eigenvalue weighted by atomic mass is 10.1. The number of fused-ring (bicyclic) bond motifs is 1. The van der Waals surface area contributed by atoms with E-state index in [0.29, 0.717) is 32.3 Å². The Balaban J connectivity index is 1.49. The second-order valence-electron chi connectivity index (χ2n) is 6.84. The number of hydrogen-bond donors (Lipinski definition) is 1. The van der Waals surface area contributed by atoms with Gasteiger partial charge in [0.15, 0.2) is 0 Å². The summed E-state index contributed by atoms with van der Waals surface area (Å²) in [5.41, 5.74) is 2.48. The molecular formula is C19H27N3O3. The average Bonchev–Trinajstić information content (AvgIpc) is 2.91. The minimum absolute atomic E-state index is 0.0538. The summed E-state index contributed by atoms with van der Waals surface area (Å²) in [6, 6.07) is 8.76. The standard InChI is InChI=1S/C19H27N3O3/c1-3-25-19(24)21-10-8-16(9-11-21)20-18(23)13-22-14(2)12-15-6-4-5-7-17(15)22/h4-7,14,16H,3,8-13H2,1-2H3,(H,20,23)/t14-/m0/s1. The van der Waals surface area contributed by atoms with E-state index in [1.54, 1.807) is 4.90 Å². The number of carbonyl (C=O) groups is 2. The fraction of sp³-hybridized carbons (Fsp3) is 0.579. The van der Waals surface area contributed by atoms with Crippen molar-refractivity contribution in [2.24, 2.45) is 0 Å². The molecule has 0 aliphatic carbocycles. The summed E-state index contributed by atoms with van der Waals surface area (Å²) < 4.78 is 5.02. The van der Waals surface area contributed by atoms with Crippen LogP contribution < -0.4 is 10.2 Å². The van der Waals surface area contributed by atoms with Crippen LogP contribution >= 0.6 is 0 Å². The van der Waals surface area contributed by atoms with E-state index in [0.717, 1.165) is 19.3 Å². The van der Waals surface area contributed by atoms with Crippen LogP contribution in [0, 0.1) is 0 Å². The number of carbonyl (C=O) groups excluding carboxylic acids is 2. The highest BCUT2D eigenvalue weighted by Gasteiger charge is 2.29. The molecule has 1 aromatic rings. The van der Waals surface area contributed by atoms with Gasteiger partial charge in [-0.2, -0.15) is 0 Å². The molecule has 3 rings (SSSR count). The molecule has 2 aliphatic heterocycles. The van der Waals surface area contributed by atoms with E-state index in [4.69, 9.17) is 4.74 Å². The van der Waals surface area contributed by atoms with Gasteiger partial charge in [-0.05, 0) is 44.7 Å². The number of ether oxygens (including phenoxy) is 1. The number of anilines is 1. The SMILES string of the molecule is CCOC(=O)N1CCC(NC(=O)CN2c3ccccc3C[C@@H]2C)CC1. The van der Waals surface area contributed by atoms with Crippen molar-refractivity contribution in [2.45, 2.75) is 45.2 Å². The van der Waals surface area contributed by atoms with Gasteiger partial charge in [-0.25, -0.2) is 4.79 Å². The highest BCUT2D eigenvalue weighted by atomic mass is 16.6. The molecule has 2 heterocycles. The van der Waals surface area contributed by atoms with Gasteiger partial charge in [-0.15, -0.1) is 0 Å². The number of hydrogen-bond acceptors (Lipinski definition) is 4. The molecule has 0 radical (unpaired) electrons. The van der Waals surface area contributed by atoms with Gasteiger partial charge in [-0.3, -0.25) is 4.79 Å². The number of rotatable bonds is 4. The summed E-state index contributed by atoms with van der Waals surface area (Å²) >= 11 is 0. The number of benzene rings is 1. The number of likely N-dealkylation sites (tertiary alicyclic amines) is 1. The van der Waals surface area contributed by atoms with Gasteiger partial charge in [0.2, 0.25) is 5.91 Å².